The van der Waals surface area contributed by atoms with Crippen LogP contribution in [0.3, 0.4) is 0 Å². The first-order chi connectivity index (χ1) is 11.2. The molecular weight excluding hydrogens is 290 g/mol. The molecule has 2 rings (SSSR count). The van der Waals surface area contributed by atoms with Gasteiger partial charge >= 0.3 is 0 Å². The summed E-state index contributed by atoms with van der Waals surface area (Å²) in [5.41, 5.74) is 9.41. The third kappa shape index (κ3) is 4.32. The summed E-state index contributed by atoms with van der Waals surface area (Å²) in [6.45, 7) is 2.44. The van der Waals surface area contributed by atoms with Gasteiger partial charge in [-0.1, -0.05) is 47.1 Å². The largest absolute Gasteiger partial charge is 0.489 e. The standard InChI is InChI=1S/C18H21N3O2/c1-13-8-10-15(11-9-13)23-12-14-6-4-5-7-16(14)17(21-22-3)18(19)20-2/h4-11H,12H2,1-3H3,(H2,19,20). The number of oxime groups is 1. The summed E-state index contributed by atoms with van der Waals surface area (Å²) in [7, 11) is 3.10. The summed E-state index contributed by atoms with van der Waals surface area (Å²) in [6.07, 6.45) is 0. The molecular formula is C18H21N3O2. The van der Waals surface area contributed by atoms with E-state index in [2.05, 4.69) is 10.1 Å². The molecule has 0 heterocycles. The van der Waals surface area contributed by atoms with Crippen LogP contribution in [-0.4, -0.2) is 25.7 Å². The van der Waals surface area contributed by atoms with Crippen molar-refractivity contribution < 1.29 is 9.57 Å². The lowest BCUT2D eigenvalue weighted by atomic mass is 10.0. The van der Waals surface area contributed by atoms with Gasteiger partial charge in [-0.2, -0.15) is 0 Å². The van der Waals surface area contributed by atoms with Crippen LogP contribution >= 0.6 is 0 Å². The summed E-state index contributed by atoms with van der Waals surface area (Å²) < 4.78 is 5.85. The molecule has 0 radical (unpaired) electrons. The molecule has 2 aromatic carbocycles. The molecule has 23 heavy (non-hydrogen) atoms. The number of benzene rings is 2. The number of aliphatic imine (C=N–C) groups is 1. The van der Waals surface area contributed by atoms with Crippen molar-refractivity contribution in [3.63, 3.8) is 0 Å². The highest BCUT2D eigenvalue weighted by molar-refractivity contribution is 6.47. The third-order valence-electron chi connectivity index (χ3n) is 3.35. The van der Waals surface area contributed by atoms with E-state index in [1.807, 2.05) is 55.5 Å². The molecule has 2 aromatic rings. The Morgan fingerprint density at radius 2 is 1.78 bits per heavy atom. The predicted octanol–water partition coefficient (Wildman–Crippen LogP) is 2.91. The van der Waals surface area contributed by atoms with Crippen LogP contribution in [0.1, 0.15) is 16.7 Å². The van der Waals surface area contributed by atoms with Crippen molar-refractivity contribution in [2.75, 3.05) is 14.2 Å². The van der Waals surface area contributed by atoms with Gasteiger partial charge in [0.15, 0.2) is 5.71 Å². The second-order valence-electron chi connectivity index (χ2n) is 4.99. The van der Waals surface area contributed by atoms with Gasteiger partial charge in [-0.15, -0.1) is 0 Å². The summed E-state index contributed by atoms with van der Waals surface area (Å²) in [5.74, 6) is 1.13. The lowest BCUT2D eigenvalue weighted by Gasteiger charge is -2.12. The molecule has 2 N–H and O–H groups in total. The van der Waals surface area contributed by atoms with Crippen LogP contribution in [0.25, 0.3) is 0 Å². The van der Waals surface area contributed by atoms with Crippen molar-refractivity contribution in [1.82, 2.24) is 0 Å². The number of hydrogen-bond donors (Lipinski definition) is 1. The Bertz CT molecular complexity index is 706. The second-order valence-corrected chi connectivity index (χ2v) is 4.99. The Morgan fingerprint density at radius 3 is 2.43 bits per heavy atom. The summed E-state index contributed by atoms with van der Waals surface area (Å²) in [4.78, 5) is 8.89. The van der Waals surface area contributed by atoms with Gasteiger partial charge in [-0.05, 0) is 24.6 Å². The lowest BCUT2D eigenvalue weighted by Crippen LogP contribution is -2.26. The highest BCUT2D eigenvalue weighted by atomic mass is 16.6. The topological polar surface area (TPSA) is 69.2 Å². The highest BCUT2D eigenvalue weighted by Gasteiger charge is 2.14. The van der Waals surface area contributed by atoms with Crippen molar-refractivity contribution >= 4 is 11.5 Å². The smallest absolute Gasteiger partial charge is 0.152 e. The van der Waals surface area contributed by atoms with E-state index in [0.717, 1.165) is 16.9 Å². The first-order valence-corrected chi connectivity index (χ1v) is 7.27. The second kappa shape index (κ2) is 7.98. The van der Waals surface area contributed by atoms with Gasteiger partial charge in [-0.25, -0.2) is 0 Å². The van der Waals surface area contributed by atoms with E-state index in [0.29, 0.717) is 18.2 Å². The zero-order valence-electron chi connectivity index (χ0n) is 13.6. The minimum absolute atomic E-state index is 0.314. The monoisotopic (exact) mass is 311 g/mol. The maximum Gasteiger partial charge on any atom is 0.152 e. The van der Waals surface area contributed by atoms with Crippen LogP contribution < -0.4 is 10.5 Å². The maximum absolute atomic E-state index is 5.93. The molecule has 0 aromatic heterocycles. The first-order valence-electron chi connectivity index (χ1n) is 7.27. The van der Waals surface area contributed by atoms with E-state index >= 15 is 0 Å². The van der Waals surface area contributed by atoms with Crippen LogP contribution in [0.5, 0.6) is 5.75 Å². The minimum Gasteiger partial charge on any atom is -0.489 e. The third-order valence-corrected chi connectivity index (χ3v) is 3.35. The Balaban J connectivity index is 2.26. The molecule has 5 nitrogen and oxygen atoms in total. The van der Waals surface area contributed by atoms with E-state index in [9.17, 15) is 0 Å². The fraction of sp³-hybridized carbons (Fsp3) is 0.222. The van der Waals surface area contributed by atoms with Crippen molar-refractivity contribution in [2.24, 2.45) is 15.9 Å². The summed E-state index contributed by atoms with van der Waals surface area (Å²) >= 11 is 0. The number of aryl methyl sites for hydroxylation is 1. The molecule has 5 heteroatoms. The Morgan fingerprint density at radius 1 is 1.09 bits per heavy atom. The average Bonchev–Trinajstić information content (AvgIpc) is 2.59. The molecule has 0 bridgehead atoms. The van der Waals surface area contributed by atoms with Gasteiger partial charge in [0.25, 0.3) is 0 Å². The molecule has 0 saturated heterocycles. The van der Waals surface area contributed by atoms with Crippen molar-refractivity contribution in [3.05, 3.63) is 65.2 Å². The van der Waals surface area contributed by atoms with Crippen LogP contribution in [-0.2, 0) is 11.4 Å². The average molecular weight is 311 g/mol. The fourth-order valence-electron chi connectivity index (χ4n) is 2.10. The van der Waals surface area contributed by atoms with Crippen LogP contribution in [0.2, 0.25) is 0 Å². The van der Waals surface area contributed by atoms with E-state index in [1.165, 1.54) is 12.7 Å². The van der Waals surface area contributed by atoms with Crippen LogP contribution in [0.15, 0.2) is 58.7 Å². The molecule has 0 aliphatic carbocycles. The normalized spacial score (nSPS) is 12.1. The zero-order valence-corrected chi connectivity index (χ0v) is 13.6. The van der Waals surface area contributed by atoms with E-state index in [4.69, 9.17) is 15.3 Å². The van der Waals surface area contributed by atoms with Gasteiger partial charge < -0.3 is 15.3 Å². The number of ether oxygens (including phenoxy) is 1. The summed E-state index contributed by atoms with van der Waals surface area (Å²) in [5, 5.41) is 4.00. The number of amidine groups is 1. The predicted molar refractivity (Wildman–Crippen MR) is 93.0 cm³/mol. The molecule has 120 valence electrons. The molecule has 0 atom stereocenters. The van der Waals surface area contributed by atoms with Gasteiger partial charge in [-0.3, -0.25) is 4.99 Å². The molecule has 0 fully saturated rings. The Kier molecular flexibility index (Phi) is 5.74. The quantitative estimate of drug-likeness (QED) is 0.506. The fourth-order valence-corrected chi connectivity index (χ4v) is 2.10. The van der Waals surface area contributed by atoms with E-state index < -0.39 is 0 Å². The minimum atomic E-state index is 0.314. The number of nitrogens with zero attached hydrogens (tertiary/aromatic N) is 2. The Labute approximate surface area is 136 Å². The molecule has 0 spiro atoms. The van der Waals surface area contributed by atoms with Gasteiger partial charge in [0, 0.05) is 12.6 Å². The highest BCUT2D eigenvalue weighted by Crippen LogP contribution is 2.17. The van der Waals surface area contributed by atoms with Crippen molar-refractivity contribution in [1.29, 1.82) is 0 Å². The van der Waals surface area contributed by atoms with Crippen molar-refractivity contribution in [3.8, 4) is 5.75 Å². The van der Waals surface area contributed by atoms with Crippen molar-refractivity contribution in [2.45, 2.75) is 13.5 Å². The lowest BCUT2D eigenvalue weighted by molar-refractivity contribution is 0.214. The molecule has 0 amide bonds. The molecule has 0 saturated carbocycles. The number of rotatable bonds is 6. The van der Waals surface area contributed by atoms with E-state index in [-0.39, 0.29) is 0 Å². The maximum atomic E-state index is 5.93. The Hall–Kier alpha value is -2.82. The zero-order chi connectivity index (χ0) is 16.7. The SMILES string of the molecule is CN=C(N)C(=NOC)c1ccccc1COc1ccc(C)cc1. The van der Waals surface area contributed by atoms with E-state index in [1.54, 1.807) is 7.05 Å². The van der Waals surface area contributed by atoms with Gasteiger partial charge in [0.2, 0.25) is 0 Å². The summed E-state index contributed by atoms with van der Waals surface area (Å²) in [6, 6.07) is 15.7. The first kappa shape index (κ1) is 16.5. The number of nitrogens with two attached hydrogens (primary N) is 1. The van der Waals surface area contributed by atoms with Crippen LogP contribution in [0.4, 0.5) is 0 Å². The molecule has 0 aliphatic rings. The van der Waals surface area contributed by atoms with Gasteiger partial charge in [0.1, 0.15) is 25.3 Å². The molecule has 0 unspecified atom stereocenters. The van der Waals surface area contributed by atoms with Gasteiger partial charge in [0.05, 0.1) is 0 Å². The van der Waals surface area contributed by atoms with Crippen LogP contribution in [0, 0.1) is 6.92 Å². The number of hydrogen-bond acceptors (Lipinski definition) is 4. The molecule has 0 aliphatic heterocycles.